The van der Waals surface area contributed by atoms with E-state index in [9.17, 15) is 9.59 Å². The van der Waals surface area contributed by atoms with Gasteiger partial charge in [0.1, 0.15) is 11.8 Å². The second-order valence-corrected chi connectivity index (χ2v) is 5.14. The number of rotatable bonds is 4. The van der Waals surface area contributed by atoms with Gasteiger partial charge in [-0.1, -0.05) is 6.07 Å². The van der Waals surface area contributed by atoms with E-state index in [4.69, 9.17) is 9.47 Å². The zero-order chi connectivity index (χ0) is 16.4. The van der Waals surface area contributed by atoms with Crippen molar-refractivity contribution >= 4 is 17.6 Å². The first-order valence-corrected chi connectivity index (χ1v) is 7.17. The minimum absolute atomic E-state index is 0.263. The molecule has 0 aliphatic carbocycles. The van der Waals surface area contributed by atoms with Gasteiger partial charge in [-0.15, -0.1) is 0 Å². The van der Waals surface area contributed by atoms with Gasteiger partial charge >= 0.3 is 5.97 Å². The van der Waals surface area contributed by atoms with E-state index in [1.807, 2.05) is 12.1 Å². The number of carbonyl (C=O) groups is 2. The molecule has 1 aliphatic rings. The molecule has 0 saturated carbocycles. The predicted octanol–water partition coefficient (Wildman–Crippen LogP) is 2.11. The summed E-state index contributed by atoms with van der Waals surface area (Å²) in [4.78, 5) is 29.6. The minimum Gasteiger partial charge on any atom is -0.497 e. The molecule has 3 rings (SSSR count). The van der Waals surface area contributed by atoms with Crippen molar-refractivity contribution in [2.75, 3.05) is 12.0 Å². The van der Waals surface area contributed by atoms with E-state index in [1.54, 1.807) is 48.5 Å². The number of aromatic nitrogens is 1. The summed E-state index contributed by atoms with van der Waals surface area (Å²) in [6.45, 7) is 1.29. The Bertz CT molecular complexity index is 715. The number of anilines is 1. The lowest BCUT2D eigenvalue weighted by molar-refractivity contribution is -0.161. The average Bonchev–Trinajstić information content (AvgIpc) is 2.58. The van der Waals surface area contributed by atoms with E-state index < -0.39 is 18.1 Å². The van der Waals surface area contributed by atoms with Crippen molar-refractivity contribution in [3.8, 4) is 5.75 Å². The number of benzene rings is 1. The maximum Gasteiger partial charge on any atom is 0.303 e. The van der Waals surface area contributed by atoms with E-state index in [0.717, 1.165) is 0 Å². The molecule has 2 heterocycles. The van der Waals surface area contributed by atoms with Gasteiger partial charge in [0.15, 0.2) is 0 Å². The van der Waals surface area contributed by atoms with Crippen LogP contribution in [-0.2, 0) is 14.3 Å². The number of methoxy groups -OCH3 is 1. The number of ether oxygens (including phenoxy) is 2. The Morgan fingerprint density at radius 3 is 2.48 bits per heavy atom. The van der Waals surface area contributed by atoms with Crippen LogP contribution in [0, 0.1) is 0 Å². The molecule has 6 heteroatoms. The summed E-state index contributed by atoms with van der Waals surface area (Å²) < 4.78 is 10.3. The zero-order valence-electron chi connectivity index (χ0n) is 12.8. The SMILES string of the molecule is COc1ccc(N2C(=O)C(OC(C)=O)C2c2ccccn2)cc1. The summed E-state index contributed by atoms with van der Waals surface area (Å²) >= 11 is 0. The lowest BCUT2D eigenvalue weighted by Gasteiger charge is -2.45. The topological polar surface area (TPSA) is 68.7 Å². The highest BCUT2D eigenvalue weighted by atomic mass is 16.6. The number of β-lactam (4-membered cyclic amide) rings is 1. The standard InChI is InChI=1S/C17H16N2O4/c1-11(20)23-16-15(14-5-3-4-10-18-14)19(17(16)21)12-6-8-13(22-2)9-7-12/h3-10,15-16H,1-2H3. The van der Waals surface area contributed by atoms with Crippen LogP contribution in [0.15, 0.2) is 48.7 Å². The third kappa shape index (κ3) is 2.75. The lowest BCUT2D eigenvalue weighted by Crippen LogP contribution is -2.60. The number of nitrogens with zero attached hydrogens (tertiary/aromatic N) is 2. The normalized spacial score (nSPS) is 19.9. The van der Waals surface area contributed by atoms with Crippen LogP contribution in [0.5, 0.6) is 5.75 Å². The van der Waals surface area contributed by atoms with Gasteiger partial charge in [-0.25, -0.2) is 0 Å². The highest BCUT2D eigenvalue weighted by Crippen LogP contribution is 2.40. The second kappa shape index (κ2) is 6.08. The Morgan fingerprint density at radius 1 is 1.17 bits per heavy atom. The summed E-state index contributed by atoms with van der Waals surface area (Å²) in [5.74, 6) is -0.0488. The van der Waals surface area contributed by atoms with Crippen LogP contribution in [-0.4, -0.2) is 30.1 Å². The fraction of sp³-hybridized carbons (Fsp3) is 0.235. The Kier molecular flexibility index (Phi) is 3.97. The van der Waals surface area contributed by atoms with Gasteiger partial charge in [0.25, 0.3) is 5.91 Å². The van der Waals surface area contributed by atoms with E-state index in [0.29, 0.717) is 17.1 Å². The van der Waals surface area contributed by atoms with Crippen LogP contribution in [0.2, 0.25) is 0 Å². The van der Waals surface area contributed by atoms with Crippen molar-refractivity contribution in [1.29, 1.82) is 0 Å². The molecule has 1 saturated heterocycles. The molecule has 6 nitrogen and oxygen atoms in total. The van der Waals surface area contributed by atoms with Crippen molar-refractivity contribution < 1.29 is 19.1 Å². The average molecular weight is 312 g/mol. The molecule has 23 heavy (non-hydrogen) atoms. The first kappa shape index (κ1) is 15.0. The first-order valence-electron chi connectivity index (χ1n) is 7.17. The predicted molar refractivity (Wildman–Crippen MR) is 83.0 cm³/mol. The second-order valence-electron chi connectivity index (χ2n) is 5.14. The van der Waals surface area contributed by atoms with Gasteiger partial charge in [0.05, 0.1) is 12.8 Å². The summed E-state index contributed by atoms with van der Waals surface area (Å²) in [5, 5.41) is 0. The van der Waals surface area contributed by atoms with Gasteiger partial charge in [0, 0.05) is 18.8 Å². The van der Waals surface area contributed by atoms with Crippen molar-refractivity contribution in [3.05, 3.63) is 54.4 Å². The van der Waals surface area contributed by atoms with E-state index in [-0.39, 0.29) is 5.91 Å². The molecule has 0 bridgehead atoms. The monoisotopic (exact) mass is 312 g/mol. The molecule has 1 amide bonds. The van der Waals surface area contributed by atoms with Gasteiger partial charge in [-0.3, -0.25) is 19.5 Å². The summed E-state index contributed by atoms with van der Waals surface area (Å²) in [6, 6.07) is 12.1. The van der Waals surface area contributed by atoms with Crippen molar-refractivity contribution in [2.24, 2.45) is 0 Å². The molecule has 0 spiro atoms. The summed E-state index contributed by atoms with van der Waals surface area (Å²) in [6.07, 6.45) is 0.805. The van der Waals surface area contributed by atoms with Crippen molar-refractivity contribution in [1.82, 2.24) is 4.98 Å². The van der Waals surface area contributed by atoms with Gasteiger partial charge < -0.3 is 9.47 Å². The van der Waals surface area contributed by atoms with Gasteiger partial charge in [0.2, 0.25) is 6.10 Å². The quantitative estimate of drug-likeness (QED) is 0.639. The van der Waals surface area contributed by atoms with Crippen LogP contribution in [0.3, 0.4) is 0 Å². The minimum atomic E-state index is -0.843. The Hall–Kier alpha value is -2.89. The van der Waals surface area contributed by atoms with Crippen LogP contribution in [0.4, 0.5) is 5.69 Å². The molecule has 2 atom stereocenters. The fourth-order valence-electron chi connectivity index (χ4n) is 2.63. The number of amides is 1. The molecule has 1 aromatic carbocycles. The van der Waals surface area contributed by atoms with E-state index >= 15 is 0 Å². The maximum atomic E-state index is 12.4. The molecular weight excluding hydrogens is 296 g/mol. The van der Waals surface area contributed by atoms with Crippen LogP contribution < -0.4 is 9.64 Å². The Morgan fingerprint density at radius 2 is 1.91 bits per heavy atom. The van der Waals surface area contributed by atoms with Gasteiger partial charge in [-0.2, -0.15) is 0 Å². The molecule has 0 radical (unpaired) electrons. The lowest BCUT2D eigenvalue weighted by atomic mass is 9.93. The number of hydrogen-bond acceptors (Lipinski definition) is 5. The number of pyridine rings is 1. The molecule has 2 unspecified atom stereocenters. The molecule has 0 N–H and O–H groups in total. The Balaban J connectivity index is 1.94. The van der Waals surface area contributed by atoms with Crippen LogP contribution >= 0.6 is 0 Å². The first-order chi connectivity index (χ1) is 11.1. The number of hydrogen-bond donors (Lipinski definition) is 0. The largest absolute Gasteiger partial charge is 0.497 e. The third-order valence-corrected chi connectivity index (χ3v) is 3.68. The molecule has 1 aliphatic heterocycles. The molecule has 1 aromatic heterocycles. The highest BCUT2D eigenvalue weighted by molar-refractivity contribution is 6.05. The summed E-state index contributed by atoms with van der Waals surface area (Å²) in [5.41, 5.74) is 1.38. The van der Waals surface area contributed by atoms with Crippen molar-refractivity contribution in [3.63, 3.8) is 0 Å². The summed E-state index contributed by atoms with van der Waals surface area (Å²) in [7, 11) is 1.58. The maximum absolute atomic E-state index is 12.4. The molecular formula is C17H16N2O4. The van der Waals surface area contributed by atoms with Crippen LogP contribution in [0.25, 0.3) is 0 Å². The highest BCUT2D eigenvalue weighted by Gasteiger charge is 2.52. The molecule has 2 aromatic rings. The Labute approximate surface area is 133 Å². The zero-order valence-corrected chi connectivity index (χ0v) is 12.8. The molecule has 118 valence electrons. The van der Waals surface area contributed by atoms with Crippen molar-refractivity contribution in [2.45, 2.75) is 19.1 Å². The molecule has 1 fully saturated rings. The van der Waals surface area contributed by atoms with Gasteiger partial charge in [-0.05, 0) is 36.4 Å². The third-order valence-electron chi connectivity index (χ3n) is 3.68. The van der Waals surface area contributed by atoms with E-state index in [2.05, 4.69) is 4.98 Å². The number of esters is 1. The smallest absolute Gasteiger partial charge is 0.303 e. The van der Waals surface area contributed by atoms with E-state index in [1.165, 1.54) is 6.92 Å². The number of carbonyl (C=O) groups excluding carboxylic acids is 2. The fourth-order valence-corrected chi connectivity index (χ4v) is 2.63. The van der Waals surface area contributed by atoms with Crippen LogP contribution in [0.1, 0.15) is 18.7 Å².